The Labute approximate surface area is 107 Å². The van der Waals surface area contributed by atoms with E-state index < -0.39 is 11.9 Å². The maximum absolute atomic E-state index is 12.0. The minimum Gasteiger partial charge on any atom is -0.481 e. The molecule has 102 valence electrons. The molecule has 0 saturated heterocycles. The van der Waals surface area contributed by atoms with Gasteiger partial charge in [-0.25, -0.2) is 0 Å². The second kappa shape index (κ2) is 5.69. The summed E-state index contributed by atoms with van der Waals surface area (Å²) in [6, 6.07) is 0. The van der Waals surface area contributed by atoms with E-state index in [9.17, 15) is 14.7 Å². The fourth-order valence-corrected chi connectivity index (χ4v) is 3.19. The first-order chi connectivity index (χ1) is 8.59. The van der Waals surface area contributed by atoms with Crippen molar-refractivity contribution in [3.63, 3.8) is 0 Å². The summed E-state index contributed by atoms with van der Waals surface area (Å²) in [7, 11) is 0. The topological polar surface area (TPSA) is 86.6 Å². The molecule has 5 nitrogen and oxygen atoms in total. The predicted octanol–water partition coefficient (Wildman–Crippen LogP) is 0.764. The van der Waals surface area contributed by atoms with Crippen LogP contribution in [-0.4, -0.2) is 34.7 Å². The van der Waals surface area contributed by atoms with E-state index in [2.05, 4.69) is 5.32 Å². The van der Waals surface area contributed by atoms with Gasteiger partial charge >= 0.3 is 5.97 Å². The molecule has 2 aliphatic rings. The number of amides is 1. The number of nitrogens with one attached hydrogen (secondary N) is 1. The number of hydrogen-bond donors (Lipinski definition) is 3. The van der Waals surface area contributed by atoms with Gasteiger partial charge in [0.05, 0.1) is 17.9 Å². The predicted molar refractivity (Wildman–Crippen MR) is 64.8 cm³/mol. The molecule has 18 heavy (non-hydrogen) atoms. The van der Waals surface area contributed by atoms with Gasteiger partial charge in [-0.15, -0.1) is 0 Å². The summed E-state index contributed by atoms with van der Waals surface area (Å²) in [6.07, 6.45) is 4.50. The van der Waals surface area contributed by atoms with E-state index in [1.165, 1.54) is 0 Å². The zero-order valence-electron chi connectivity index (χ0n) is 10.5. The highest BCUT2D eigenvalue weighted by atomic mass is 16.4. The van der Waals surface area contributed by atoms with E-state index in [-0.39, 0.29) is 23.8 Å². The average Bonchev–Trinajstić information content (AvgIpc) is 2.94. The first-order valence-electron chi connectivity index (χ1n) is 6.78. The molecule has 0 radical (unpaired) electrons. The van der Waals surface area contributed by atoms with Crippen molar-refractivity contribution >= 4 is 11.9 Å². The van der Waals surface area contributed by atoms with Crippen LogP contribution in [-0.2, 0) is 9.59 Å². The third kappa shape index (κ3) is 2.83. The van der Waals surface area contributed by atoms with Crippen LogP contribution in [0.5, 0.6) is 0 Å². The summed E-state index contributed by atoms with van der Waals surface area (Å²) in [5, 5.41) is 21.5. The van der Waals surface area contributed by atoms with Gasteiger partial charge in [-0.05, 0) is 25.7 Å². The lowest BCUT2D eigenvalue weighted by Crippen LogP contribution is -2.39. The van der Waals surface area contributed by atoms with E-state index in [0.29, 0.717) is 19.4 Å². The van der Waals surface area contributed by atoms with Gasteiger partial charge in [-0.3, -0.25) is 9.59 Å². The number of aliphatic carboxylic acids is 1. The monoisotopic (exact) mass is 255 g/mol. The number of aliphatic hydroxyl groups excluding tert-OH is 1. The highest BCUT2D eigenvalue weighted by molar-refractivity contribution is 5.85. The molecule has 0 bridgehead atoms. The lowest BCUT2D eigenvalue weighted by Gasteiger charge is -2.19. The van der Waals surface area contributed by atoms with Crippen molar-refractivity contribution in [3.05, 3.63) is 0 Å². The maximum atomic E-state index is 12.0. The number of hydrogen-bond acceptors (Lipinski definition) is 3. The second-order valence-corrected chi connectivity index (χ2v) is 5.49. The Hall–Kier alpha value is -1.10. The van der Waals surface area contributed by atoms with Crippen LogP contribution in [0.15, 0.2) is 0 Å². The van der Waals surface area contributed by atoms with Crippen molar-refractivity contribution in [1.82, 2.24) is 5.32 Å². The van der Waals surface area contributed by atoms with E-state index in [1.54, 1.807) is 0 Å². The van der Waals surface area contributed by atoms with E-state index >= 15 is 0 Å². The normalized spacial score (nSPS) is 35.6. The summed E-state index contributed by atoms with van der Waals surface area (Å²) in [5.74, 6) is -1.80. The number of carbonyl (C=O) groups excluding carboxylic acids is 1. The zero-order valence-corrected chi connectivity index (χ0v) is 10.5. The highest BCUT2D eigenvalue weighted by Crippen LogP contribution is 2.32. The Morgan fingerprint density at radius 3 is 2.33 bits per heavy atom. The molecule has 0 aliphatic heterocycles. The molecule has 0 aromatic carbocycles. The summed E-state index contributed by atoms with van der Waals surface area (Å²) in [5.41, 5.74) is 0. The Kier molecular flexibility index (Phi) is 4.22. The zero-order chi connectivity index (χ0) is 13.1. The summed E-state index contributed by atoms with van der Waals surface area (Å²) in [4.78, 5) is 23.0. The lowest BCUT2D eigenvalue weighted by atomic mass is 9.95. The van der Waals surface area contributed by atoms with Crippen molar-refractivity contribution in [2.45, 2.75) is 44.6 Å². The van der Waals surface area contributed by atoms with Gasteiger partial charge in [0, 0.05) is 12.5 Å². The van der Waals surface area contributed by atoms with Crippen LogP contribution in [0.2, 0.25) is 0 Å². The molecule has 4 atom stereocenters. The summed E-state index contributed by atoms with van der Waals surface area (Å²) >= 11 is 0. The third-order valence-electron chi connectivity index (χ3n) is 4.33. The molecule has 2 fully saturated rings. The first-order valence-corrected chi connectivity index (χ1v) is 6.78. The lowest BCUT2D eigenvalue weighted by molar-refractivity contribution is -0.146. The van der Waals surface area contributed by atoms with E-state index in [1.807, 2.05) is 0 Å². The smallest absolute Gasteiger partial charge is 0.307 e. The van der Waals surface area contributed by atoms with Crippen molar-refractivity contribution in [2.75, 3.05) is 6.54 Å². The van der Waals surface area contributed by atoms with Crippen molar-refractivity contribution in [2.24, 2.45) is 17.8 Å². The van der Waals surface area contributed by atoms with Crippen molar-refractivity contribution < 1.29 is 19.8 Å². The molecule has 2 aliphatic carbocycles. The van der Waals surface area contributed by atoms with Crippen molar-refractivity contribution in [1.29, 1.82) is 0 Å². The van der Waals surface area contributed by atoms with Crippen LogP contribution in [0.25, 0.3) is 0 Å². The molecule has 0 aromatic heterocycles. The largest absolute Gasteiger partial charge is 0.481 e. The van der Waals surface area contributed by atoms with E-state index in [4.69, 9.17) is 5.11 Å². The standard InChI is InChI=1S/C13H21NO4/c15-11-6-1-3-8(11)7-14-12(16)9-4-2-5-10(9)13(17)18/h8-11,15H,1-7H2,(H,14,16)(H,17,18). The third-order valence-corrected chi connectivity index (χ3v) is 4.33. The molecular weight excluding hydrogens is 234 g/mol. The Bertz CT molecular complexity index is 331. The van der Waals surface area contributed by atoms with Crippen LogP contribution < -0.4 is 5.32 Å². The van der Waals surface area contributed by atoms with Gasteiger partial charge in [-0.1, -0.05) is 12.8 Å². The quantitative estimate of drug-likeness (QED) is 0.692. The molecular formula is C13H21NO4. The minimum atomic E-state index is -0.867. The number of rotatable bonds is 4. The van der Waals surface area contributed by atoms with Crippen molar-refractivity contribution in [3.8, 4) is 0 Å². The molecule has 3 N–H and O–H groups in total. The van der Waals surface area contributed by atoms with Crippen LogP contribution in [0.4, 0.5) is 0 Å². The van der Waals surface area contributed by atoms with Gasteiger partial charge in [0.15, 0.2) is 0 Å². The molecule has 4 unspecified atom stereocenters. The van der Waals surface area contributed by atoms with E-state index in [0.717, 1.165) is 25.7 Å². The average molecular weight is 255 g/mol. The number of aliphatic hydroxyl groups is 1. The number of carbonyl (C=O) groups is 2. The molecule has 0 aromatic rings. The summed E-state index contributed by atoms with van der Waals surface area (Å²) < 4.78 is 0. The summed E-state index contributed by atoms with van der Waals surface area (Å²) in [6.45, 7) is 0.475. The number of carboxylic acids is 1. The molecule has 5 heteroatoms. The minimum absolute atomic E-state index is 0.138. The molecule has 0 spiro atoms. The van der Waals surface area contributed by atoms with Gasteiger partial charge in [0.2, 0.25) is 5.91 Å². The second-order valence-electron chi connectivity index (χ2n) is 5.49. The van der Waals surface area contributed by atoms with Gasteiger partial charge in [0.25, 0.3) is 0 Å². The van der Waals surface area contributed by atoms with Crippen LogP contribution in [0, 0.1) is 17.8 Å². The van der Waals surface area contributed by atoms with Gasteiger partial charge in [-0.2, -0.15) is 0 Å². The SMILES string of the molecule is O=C(O)C1CCCC1C(=O)NCC1CCCC1O. The van der Waals surface area contributed by atoms with Gasteiger partial charge < -0.3 is 15.5 Å². The molecule has 2 saturated carbocycles. The fourth-order valence-electron chi connectivity index (χ4n) is 3.19. The number of carboxylic acid groups (broad SMARTS) is 1. The maximum Gasteiger partial charge on any atom is 0.307 e. The molecule has 0 heterocycles. The molecule has 1 amide bonds. The Balaban J connectivity index is 1.82. The fraction of sp³-hybridized carbons (Fsp3) is 0.846. The van der Waals surface area contributed by atoms with Crippen LogP contribution >= 0.6 is 0 Å². The Morgan fingerprint density at radius 2 is 1.72 bits per heavy atom. The van der Waals surface area contributed by atoms with Gasteiger partial charge in [0.1, 0.15) is 0 Å². The van der Waals surface area contributed by atoms with Crippen LogP contribution in [0.1, 0.15) is 38.5 Å². The van der Waals surface area contributed by atoms with Crippen LogP contribution in [0.3, 0.4) is 0 Å². The first kappa shape index (κ1) is 13.3. The molecule has 2 rings (SSSR count). The highest BCUT2D eigenvalue weighted by Gasteiger charge is 2.38. The Morgan fingerprint density at radius 1 is 1.06 bits per heavy atom.